The molecule has 2 N–H and O–H groups in total. The maximum atomic E-state index is 12.1. The molecule has 0 aliphatic heterocycles. The highest BCUT2D eigenvalue weighted by molar-refractivity contribution is 5.92. The largest absolute Gasteiger partial charge is 0.452 e. The van der Waals surface area contributed by atoms with Gasteiger partial charge in [-0.05, 0) is 39.8 Å². The van der Waals surface area contributed by atoms with E-state index in [-0.39, 0.29) is 34.9 Å². The van der Waals surface area contributed by atoms with Crippen LogP contribution in [-0.4, -0.2) is 40.4 Å². The Morgan fingerprint density at radius 3 is 2.30 bits per heavy atom. The van der Waals surface area contributed by atoms with Crippen LogP contribution in [0.5, 0.6) is 0 Å². The second kappa shape index (κ2) is 7.57. The molecule has 0 saturated heterocycles. The van der Waals surface area contributed by atoms with Gasteiger partial charge in [0, 0.05) is 18.2 Å². The van der Waals surface area contributed by atoms with E-state index in [0.29, 0.717) is 0 Å². The van der Waals surface area contributed by atoms with Crippen LogP contribution in [-0.2, 0) is 9.53 Å². The number of ether oxygens (including phenoxy) is 1. The van der Waals surface area contributed by atoms with Crippen LogP contribution in [0.2, 0.25) is 0 Å². The lowest BCUT2D eigenvalue weighted by molar-refractivity contribution is -0.383. The zero-order chi connectivity index (χ0) is 17.7. The number of benzene rings is 1. The molecule has 0 saturated carbocycles. The molecule has 126 valence electrons. The van der Waals surface area contributed by atoms with Crippen LogP contribution in [0.15, 0.2) is 18.2 Å². The lowest BCUT2D eigenvalue weighted by Crippen LogP contribution is -2.44. The van der Waals surface area contributed by atoms with Gasteiger partial charge >= 0.3 is 5.97 Å². The molecule has 0 unspecified atom stereocenters. The molecule has 1 aromatic rings. The van der Waals surface area contributed by atoms with Crippen molar-refractivity contribution < 1.29 is 19.2 Å². The summed E-state index contributed by atoms with van der Waals surface area (Å²) in [6.45, 7) is 7.03. The summed E-state index contributed by atoms with van der Waals surface area (Å²) in [5, 5.41) is 10.8. The van der Waals surface area contributed by atoms with Crippen LogP contribution in [0, 0.1) is 10.1 Å². The molecule has 0 radical (unpaired) electrons. The van der Waals surface area contributed by atoms with Crippen molar-refractivity contribution >= 4 is 23.3 Å². The molecule has 0 aromatic heterocycles. The molecule has 1 amide bonds. The highest BCUT2D eigenvalue weighted by Crippen LogP contribution is 2.22. The van der Waals surface area contributed by atoms with Gasteiger partial charge in [0.2, 0.25) is 0 Å². The lowest BCUT2D eigenvalue weighted by Gasteiger charge is -2.30. The molecule has 8 heteroatoms. The summed E-state index contributed by atoms with van der Waals surface area (Å²) >= 11 is 0. The zero-order valence-electron chi connectivity index (χ0n) is 13.6. The fourth-order valence-electron chi connectivity index (χ4n) is 2.29. The minimum absolute atomic E-state index is 0.0284. The number of nitro groups is 1. The molecule has 0 atom stereocenters. The first-order chi connectivity index (χ1) is 10.6. The van der Waals surface area contributed by atoms with Crippen LogP contribution in [0.3, 0.4) is 0 Å². The Morgan fingerprint density at radius 1 is 1.26 bits per heavy atom. The number of esters is 1. The molecule has 0 bridgehead atoms. The normalized spacial score (nSPS) is 10.7. The van der Waals surface area contributed by atoms with E-state index in [2.05, 4.69) is 0 Å². The van der Waals surface area contributed by atoms with Crippen molar-refractivity contribution in [2.75, 3.05) is 12.3 Å². The minimum Gasteiger partial charge on any atom is -0.452 e. The van der Waals surface area contributed by atoms with E-state index in [1.807, 2.05) is 27.7 Å². The second-order valence-corrected chi connectivity index (χ2v) is 5.60. The number of anilines is 1. The SMILES string of the molecule is CC(C)N(C(=O)COC(=O)c1ccc(N)c([N+](=O)[O-])c1)C(C)C. The fourth-order valence-corrected chi connectivity index (χ4v) is 2.29. The number of nitrogen functional groups attached to an aromatic ring is 1. The van der Waals surface area contributed by atoms with E-state index in [0.717, 1.165) is 6.07 Å². The third-order valence-electron chi connectivity index (χ3n) is 3.19. The van der Waals surface area contributed by atoms with Crippen molar-refractivity contribution in [3.05, 3.63) is 33.9 Å². The molecule has 0 spiro atoms. The Balaban J connectivity index is 2.79. The van der Waals surface area contributed by atoms with Gasteiger partial charge in [0.1, 0.15) is 5.69 Å². The molecule has 1 aromatic carbocycles. The Labute approximate surface area is 134 Å². The molecule has 8 nitrogen and oxygen atoms in total. The van der Waals surface area contributed by atoms with E-state index in [1.165, 1.54) is 12.1 Å². The number of nitro benzene ring substituents is 1. The summed E-state index contributed by atoms with van der Waals surface area (Å²) in [6.07, 6.45) is 0. The van der Waals surface area contributed by atoms with Crippen molar-refractivity contribution in [1.29, 1.82) is 0 Å². The number of carbonyl (C=O) groups is 2. The van der Waals surface area contributed by atoms with Gasteiger partial charge in [-0.3, -0.25) is 14.9 Å². The Kier molecular flexibility index (Phi) is 6.06. The molecule has 0 fully saturated rings. The predicted molar refractivity (Wildman–Crippen MR) is 84.9 cm³/mol. The molecular weight excluding hydrogens is 302 g/mol. The van der Waals surface area contributed by atoms with Gasteiger partial charge in [0.25, 0.3) is 11.6 Å². The summed E-state index contributed by atoms with van der Waals surface area (Å²) in [6, 6.07) is 3.55. The fraction of sp³-hybridized carbons (Fsp3) is 0.467. The van der Waals surface area contributed by atoms with Gasteiger partial charge < -0.3 is 15.4 Å². The Hall–Kier alpha value is -2.64. The van der Waals surface area contributed by atoms with E-state index in [9.17, 15) is 19.7 Å². The van der Waals surface area contributed by atoms with Crippen LogP contribution in [0.1, 0.15) is 38.1 Å². The van der Waals surface area contributed by atoms with Gasteiger partial charge in [0.05, 0.1) is 10.5 Å². The summed E-state index contributed by atoms with van der Waals surface area (Å²) < 4.78 is 4.95. The van der Waals surface area contributed by atoms with Crippen molar-refractivity contribution in [3.8, 4) is 0 Å². The number of hydrogen-bond acceptors (Lipinski definition) is 6. The topological polar surface area (TPSA) is 116 Å². The summed E-state index contributed by atoms with van der Waals surface area (Å²) in [5.74, 6) is -1.14. The highest BCUT2D eigenvalue weighted by Gasteiger charge is 2.22. The van der Waals surface area contributed by atoms with Gasteiger partial charge in [-0.2, -0.15) is 0 Å². The van der Waals surface area contributed by atoms with Crippen molar-refractivity contribution in [3.63, 3.8) is 0 Å². The van der Waals surface area contributed by atoms with Crippen molar-refractivity contribution in [2.24, 2.45) is 0 Å². The first kappa shape index (κ1) is 18.4. The summed E-state index contributed by atoms with van der Waals surface area (Å²) in [5.41, 5.74) is 5.01. The van der Waals surface area contributed by atoms with Gasteiger partial charge in [0.15, 0.2) is 6.61 Å². The average Bonchev–Trinajstić information content (AvgIpc) is 2.44. The van der Waals surface area contributed by atoms with Gasteiger partial charge in [-0.25, -0.2) is 4.79 Å². The van der Waals surface area contributed by atoms with Gasteiger partial charge in [-0.15, -0.1) is 0 Å². The van der Waals surface area contributed by atoms with E-state index in [4.69, 9.17) is 10.5 Å². The van der Waals surface area contributed by atoms with Gasteiger partial charge in [-0.1, -0.05) is 0 Å². The molecule has 23 heavy (non-hydrogen) atoms. The van der Waals surface area contributed by atoms with Crippen LogP contribution >= 0.6 is 0 Å². The highest BCUT2D eigenvalue weighted by atomic mass is 16.6. The molecule has 0 aliphatic rings. The van der Waals surface area contributed by atoms with E-state index < -0.39 is 17.5 Å². The molecule has 1 rings (SSSR count). The quantitative estimate of drug-likeness (QED) is 0.370. The van der Waals surface area contributed by atoms with Crippen molar-refractivity contribution in [1.82, 2.24) is 4.90 Å². The summed E-state index contributed by atoms with van der Waals surface area (Å²) in [4.78, 5) is 35.8. The van der Waals surface area contributed by atoms with Crippen molar-refractivity contribution in [2.45, 2.75) is 39.8 Å². The van der Waals surface area contributed by atoms with E-state index in [1.54, 1.807) is 4.90 Å². The molecule has 0 aliphatic carbocycles. The number of carbonyl (C=O) groups excluding carboxylic acids is 2. The van der Waals surface area contributed by atoms with E-state index >= 15 is 0 Å². The number of amides is 1. The third kappa shape index (κ3) is 4.67. The minimum atomic E-state index is -0.811. The summed E-state index contributed by atoms with van der Waals surface area (Å²) in [7, 11) is 0. The van der Waals surface area contributed by atoms with Crippen LogP contribution in [0.4, 0.5) is 11.4 Å². The number of nitrogens with two attached hydrogens (primary N) is 1. The number of rotatable bonds is 6. The smallest absolute Gasteiger partial charge is 0.338 e. The molecular formula is C15H21N3O5. The van der Waals surface area contributed by atoms with Crippen LogP contribution in [0.25, 0.3) is 0 Å². The standard InChI is InChI=1S/C15H21N3O5/c1-9(2)17(10(3)4)14(19)8-23-15(20)11-5-6-12(16)13(7-11)18(21)22/h5-7,9-10H,8,16H2,1-4H3. The third-order valence-corrected chi connectivity index (χ3v) is 3.19. The molecule has 0 heterocycles. The monoisotopic (exact) mass is 323 g/mol. The number of nitrogens with zero attached hydrogens (tertiary/aromatic N) is 2. The first-order valence-corrected chi connectivity index (χ1v) is 7.17. The maximum Gasteiger partial charge on any atom is 0.338 e. The second-order valence-electron chi connectivity index (χ2n) is 5.60. The van der Waals surface area contributed by atoms with Crippen LogP contribution < -0.4 is 5.73 Å². The Bertz CT molecular complexity index is 605. The first-order valence-electron chi connectivity index (χ1n) is 7.17. The lowest BCUT2D eigenvalue weighted by atomic mass is 10.2. The Morgan fingerprint density at radius 2 is 1.83 bits per heavy atom. The zero-order valence-corrected chi connectivity index (χ0v) is 13.6. The predicted octanol–water partition coefficient (Wildman–Crippen LogP) is 1.98. The maximum absolute atomic E-state index is 12.1. The number of hydrogen-bond donors (Lipinski definition) is 1. The average molecular weight is 323 g/mol.